The van der Waals surface area contributed by atoms with Gasteiger partial charge in [-0.25, -0.2) is 4.39 Å². The molecule has 0 fully saturated rings. The number of hydrogen-bond acceptors (Lipinski definition) is 3. The normalized spacial score (nSPS) is 10.3. The molecule has 0 atom stereocenters. The van der Waals surface area contributed by atoms with Crippen LogP contribution in [0.3, 0.4) is 0 Å². The second-order valence-corrected chi connectivity index (χ2v) is 5.98. The van der Waals surface area contributed by atoms with Gasteiger partial charge in [-0.15, -0.1) is 0 Å². The molecule has 0 saturated heterocycles. The molecule has 27 heavy (non-hydrogen) atoms. The monoisotopic (exact) mass is 365 g/mol. The number of ether oxygens (including phenoxy) is 2. The second-order valence-electron chi connectivity index (χ2n) is 5.98. The minimum atomic E-state index is -0.439. The Morgan fingerprint density at radius 2 is 1.67 bits per heavy atom. The van der Waals surface area contributed by atoms with E-state index in [2.05, 4.69) is 0 Å². The maximum atomic E-state index is 13.9. The van der Waals surface area contributed by atoms with Crippen LogP contribution < -0.4 is 14.4 Å². The van der Waals surface area contributed by atoms with Crippen LogP contribution in [0.25, 0.3) is 0 Å². The van der Waals surface area contributed by atoms with E-state index in [9.17, 15) is 9.18 Å². The van der Waals surface area contributed by atoms with Crippen molar-refractivity contribution < 1.29 is 18.7 Å². The summed E-state index contributed by atoms with van der Waals surface area (Å²) in [4.78, 5) is 13.8. The van der Waals surface area contributed by atoms with Crippen molar-refractivity contribution in [2.24, 2.45) is 0 Å². The molecule has 138 valence electrons. The van der Waals surface area contributed by atoms with Crippen LogP contribution in [0.4, 0.5) is 10.1 Å². The number of benzene rings is 3. The summed E-state index contributed by atoms with van der Waals surface area (Å²) in [5.41, 5.74) is 1.27. The maximum absolute atomic E-state index is 13.9. The Balaban J connectivity index is 1.94. The smallest absolute Gasteiger partial charge is 0.224 e. The number of anilines is 1. The molecule has 0 spiro atoms. The Labute approximate surface area is 157 Å². The molecule has 0 aliphatic heterocycles. The standard InChI is InChI=1S/C22H20FNO3/c1-16(25)24(15-17-8-11-19(26-2)12-9-17)21-14-18(23)10-13-22(21)27-20-6-4-3-5-7-20/h3-14H,15H2,1-2H3. The summed E-state index contributed by atoms with van der Waals surface area (Å²) in [6.45, 7) is 1.73. The predicted molar refractivity (Wildman–Crippen MR) is 103 cm³/mol. The van der Waals surface area contributed by atoms with Crippen LogP contribution in [0.5, 0.6) is 17.2 Å². The first-order valence-corrected chi connectivity index (χ1v) is 8.50. The van der Waals surface area contributed by atoms with Gasteiger partial charge in [-0.2, -0.15) is 0 Å². The molecule has 0 aliphatic rings. The molecule has 4 nitrogen and oxygen atoms in total. The number of methoxy groups -OCH3 is 1. The van der Waals surface area contributed by atoms with Crippen molar-refractivity contribution in [3.05, 3.63) is 84.2 Å². The van der Waals surface area contributed by atoms with E-state index in [4.69, 9.17) is 9.47 Å². The first-order chi connectivity index (χ1) is 13.1. The third-order valence-electron chi connectivity index (χ3n) is 4.06. The van der Waals surface area contributed by atoms with Gasteiger partial charge in [-0.3, -0.25) is 4.79 Å². The quantitative estimate of drug-likeness (QED) is 0.604. The van der Waals surface area contributed by atoms with Crippen molar-refractivity contribution in [2.45, 2.75) is 13.5 Å². The summed E-state index contributed by atoms with van der Waals surface area (Å²) >= 11 is 0. The Morgan fingerprint density at radius 3 is 2.30 bits per heavy atom. The molecule has 0 unspecified atom stereocenters. The van der Waals surface area contributed by atoms with Gasteiger partial charge in [0.1, 0.15) is 17.3 Å². The van der Waals surface area contributed by atoms with E-state index in [1.54, 1.807) is 19.2 Å². The molecule has 0 bridgehead atoms. The van der Waals surface area contributed by atoms with Gasteiger partial charge in [-0.05, 0) is 42.0 Å². The van der Waals surface area contributed by atoms with Crippen molar-refractivity contribution in [2.75, 3.05) is 12.0 Å². The Hall–Kier alpha value is -3.34. The average molecular weight is 365 g/mol. The summed E-state index contributed by atoms with van der Waals surface area (Å²) in [6.07, 6.45) is 0. The van der Waals surface area contributed by atoms with Gasteiger partial charge in [0.25, 0.3) is 0 Å². The number of halogens is 1. The van der Waals surface area contributed by atoms with E-state index in [0.717, 1.165) is 11.3 Å². The van der Waals surface area contributed by atoms with E-state index in [-0.39, 0.29) is 12.5 Å². The lowest BCUT2D eigenvalue weighted by molar-refractivity contribution is -0.116. The lowest BCUT2D eigenvalue weighted by Gasteiger charge is -2.24. The topological polar surface area (TPSA) is 38.8 Å². The van der Waals surface area contributed by atoms with E-state index < -0.39 is 5.82 Å². The Kier molecular flexibility index (Phi) is 5.71. The SMILES string of the molecule is COc1ccc(CN(C(C)=O)c2cc(F)ccc2Oc2ccccc2)cc1. The molecule has 0 saturated carbocycles. The average Bonchev–Trinajstić information content (AvgIpc) is 2.68. The summed E-state index contributed by atoms with van der Waals surface area (Å²) < 4.78 is 25.0. The van der Waals surface area contributed by atoms with Crippen LogP contribution >= 0.6 is 0 Å². The van der Waals surface area contributed by atoms with Gasteiger partial charge < -0.3 is 14.4 Å². The molecule has 0 aliphatic carbocycles. The largest absolute Gasteiger partial charge is 0.497 e. The zero-order chi connectivity index (χ0) is 19.2. The third kappa shape index (κ3) is 4.64. The van der Waals surface area contributed by atoms with Crippen LogP contribution in [0.1, 0.15) is 12.5 Å². The van der Waals surface area contributed by atoms with Gasteiger partial charge in [0, 0.05) is 13.0 Å². The fraction of sp³-hybridized carbons (Fsp3) is 0.136. The summed E-state index contributed by atoms with van der Waals surface area (Å²) in [5.74, 6) is 1.09. The number of carbonyl (C=O) groups excluding carboxylic acids is 1. The summed E-state index contributed by atoms with van der Waals surface area (Å²) in [5, 5.41) is 0. The van der Waals surface area contributed by atoms with Crippen LogP contribution in [-0.4, -0.2) is 13.0 Å². The molecular formula is C22H20FNO3. The molecule has 1 amide bonds. The Bertz CT molecular complexity index is 911. The number of nitrogens with zero attached hydrogens (tertiary/aromatic N) is 1. The van der Waals surface area contributed by atoms with Gasteiger partial charge in [-0.1, -0.05) is 30.3 Å². The number of hydrogen-bond donors (Lipinski definition) is 0. The zero-order valence-electron chi connectivity index (χ0n) is 15.2. The zero-order valence-corrected chi connectivity index (χ0v) is 15.2. The van der Waals surface area contributed by atoms with Crippen LogP contribution in [0.15, 0.2) is 72.8 Å². The highest BCUT2D eigenvalue weighted by Crippen LogP contribution is 2.34. The highest BCUT2D eigenvalue weighted by Gasteiger charge is 2.18. The minimum Gasteiger partial charge on any atom is -0.497 e. The fourth-order valence-electron chi connectivity index (χ4n) is 2.68. The van der Waals surface area contributed by atoms with Crippen LogP contribution in [0, 0.1) is 5.82 Å². The van der Waals surface area contributed by atoms with E-state index in [1.807, 2.05) is 42.5 Å². The lowest BCUT2D eigenvalue weighted by Crippen LogP contribution is -2.28. The molecule has 0 heterocycles. The molecule has 5 heteroatoms. The molecule has 0 radical (unpaired) electrons. The third-order valence-corrected chi connectivity index (χ3v) is 4.06. The number of rotatable bonds is 6. The van der Waals surface area contributed by atoms with Crippen molar-refractivity contribution >= 4 is 11.6 Å². The van der Waals surface area contributed by atoms with Crippen molar-refractivity contribution in [3.8, 4) is 17.2 Å². The van der Waals surface area contributed by atoms with E-state index in [1.165, 1.54) is 30.0 Å². The number of carbonyl (C=O) groups is 1. The van der Waals surface area contributed by atoms with Gasteiger partial charge >= 0.3 is 0 Å². The fourth-order valence-corrected chi connectivity index (χ4v) is 2.68. The van der Waals surface area contributed by atoms with Crippen molar-refractivity contribution in [3.63, 3.8) is 0 Å². The lowest BCUT2D eigenvalue weighted by atomic mass is 10.1. The van der Waals surface area contributed by atoms with E-state index in [0.29, 0.717) is 17.2 Å². The van der Waals surface area contributed by atoms with Crippen molar-refractivity contribution in [1.29, 1.82) is 0 Å². The van der Waals surface area contributed by atoms with Crippen LogP contribution in [0.2, 0.25) is 0 Å². The van der Waals surface area contributed by atoms with Gasteiger partial charge in [0.05, 0.1) is 19.3 Å². The van der Waals surface area contributed by atoms with Gasteiger partial charge in [0.15, 0.2) is 5.75 Å². The molecule has 3 rings (SSSR count). The predicted octanol–water partition coefficient (Wildman–Crippen LogP) is 5.18. The molecule has 0 N–H and O–H groups in total. The number of amides is 1. The summed E-state index contributed by atoms with van der Waals surface area (Å²) in [7, 11) is 1.59. The first-order valence-electron chi connectivity index (χ1n) is 8.50. The molecule has 3 aromatic rings. The molecular weight excluding hydrogens is 345 g/mol. The second kappa shape index (κ2) is 8.36. The van der Waals surface area contributed by atoms with Crippen LogP contribution in [-0.2, 0) is 11.3 Å². The summed E-state index contributed by atoms with van der Waals surface area (Å²) in [6, 6.07) is 20.7. The molecule has 3 aromatic carbocycles. The van der Waals surface area contributed by atoms with Crippen molar-refractivity contribution in [1.82, 2.24) is 0 Å². The Morgan fingerprint density at radius 1 is 0.963 bits per heavy atom. The first kappa shape index (κ1) is 18.5. The highest BCUT2D eigenvalue weighted by atomic mass is 19.1. The maximum Gasteiger partial charge on any atom is 0.224 e. The minimum absolute atomic E-state index is 0.214. The number of para-hydroxylation sites is 1. The highest BCUT2D eigenvalue weighted by molar-refractivity contribution is 5.93. The van der Waals surface area contributed by atoms with E-state index >= 15 is 0 Å². The molecule has 0 aromatic heterocycles. The van der Waals surface area contributed by atoms with Gasteiger partial charge in [0.2, 0.25) is 5.91 Å².